The SMILES string of the molecule is Cc1nc(-c2ccc(S(=O)(=O)NCC(F)(F)F)cc2)cs1. The number of aromatic nitrogens is 1. The summed E-state index contributed by atoms with van der Waals surface area (Å²) in [6.45, 7) is 0.246. The number of thiazole rings is 1. The molecular weight excluding hydrogens is 325 g/mol. The molecular formula is C12H11F3N2O2S2. The lowest BCUT2D eigenvalue weighted by Crippen LogP contribution is -2.33. The summed E-state index contributed by atoms with van der Waals surface area (Å²) in [5.74, 6) is 0. The molecule has 0 saturated heterocycles. The Bertz CT molecular complexity index is 722. The number of nitrogens with one attached hydrogen (secondary N) is 1. The van der Waals surface area contributed by atoms with Crippen molar-refractivity contribution in [2.75, 3.05) is 6.54 Å². The summed E-state index contributed by atoms with van der Waals surface area (Å²) >= 11 is 1.45. The van der Waals surface area contributed by atoms with Crippen molar-refractivity contribution in [3.8, 4) is 11.3 Å². The van der Waals surface area contributed by atoms with Crippen LogP contribution in [0.5, 0.6) is 0 Å². The molecule has 9 heteroatoms. The van der Waals surface area contributed by atoms with Crippen molar-refractivity contribution in [1.29, 1.82) is 0 Å². The molecule has 0 atom stereocenters. The van der Waals surface area contributed by atoms with Gasteiger partial charge in [0, 0.05) is 10.9 Å². The fourth-order valence-corrected chi connectivity index (χ4v) is 3.20. The number of hydrogen-bond acceptors (Lipinski definition) is 4. The van der Waals surface area contributed by atoms with Crippen LogP contribution in [-0.4, -0.2) is 26.1 Å². The van der Waals surface area contributed by atoms with Crippen LogP contribution in [0.25, 0.3) is 11.3 Å². The molecule has 0 fully saturated rings. The number of aryl methyl sites for hydroxylation is 1. The van der Waals surface area contributed by atoms with Crippen LogP contribution >= 0.6 is 11.3 Å². The second kappa shape index (κ2) is 5.74. The van der Waals surface area contributed by atoms with Crippen LogP contribution < -0.4 is 4.72 Å². The molecule has 1 aromatic heterocycles. The Kier molecular flexibility index (Phi) is 4.35. The summed E-state index contributed by atoms with van der Waals surface area (Å²) < 4.78 is 61.1. The molecule has 0 amide bonds. The van der Waals surface area contributed by atoms with Crippen molar-refractivity contribution in [3.63, 3.8) is 0 Å². The topological polar surface area (TPSA) is 59.1 Å². The fourth-order valence-electron chi connectivity index (χ4n) is 1.56. The average Bonchev–Trinajstić information content (AvgIpc) is 2.83. The first-order valence-corrected chi connectivity index (χ1v) is 8.13. The lowest BCUT2D eigenvalue weighted by atomic mass is 10.2. The summed E-state index contributed by atoms with van der Waals surface area (Å²) in [5, 5.41) is 2.69. The van der Waals surface area contributed by atoms with Gasteiger partial charge in [-0.15, -0.1) is 11.3 Å². The maximum absolute atomic E-state index is 12.1. The second-order valence-electron chi connectivity index (χ2n) is 4.22. The van der Waals surface area contributed by atoms with Crippen molar-refractivity contribution in [1.82, 2.24) is 9.71 Å². The van der Waals surface area contributed by atoms with E-state index in [4.69, 9.17) is 0 Å². The third-order valence-corrected chi connectivity index (χ3v) is 4.73. The Hall–Kier alpha value is -1.45. The molecule has 0 aliphatic carbocycles. The molecule has 1 N–H and O–H groups in total. The Morgan fingerprint density at radius 3 is 2.33 bits per heavy atom. The molecule has 1 aromatic carbocycles. The third kappa shape index (κ3) is 4.26. The van der Waals surface area contributed by atoms with Gasteiger partial charge in [-0.1, -0.05) is 12.1 Å². The van der Waals surface area contributed by atoms with Crippen molar-refractivity contribution in [2.45, 2.75) is 18.0 Å². The number of sulfonamides is 1. The van der Waals surface area contributed by atoms with Gasteiger partial charge in [0.05, 0.1) is 15.6 Å². The smallest absolute Gasteiger partial charge is 0.242 e. The Morgan fingerprint density at radius 1 is 1.24 bits per heavy atom. The van der Waals surface area contributed by atoms with E-state index in [2.05, 4.69) is 4.98 Å². The lowest BCUT2D eigenvalue weighted by Gasteiger charge is -2.09. The van der Waals surface area contributed by atoms with Crippen LogP contribution in [-0.2, 0) is 10.0 Å². The van der Waals surface area contributed by atoms with E-state index in [-0.39, 0.29) is 4.90 Å². The minimum Gasteiger partial charge on any atom is -0.242 e. The zero-order valence-corrected chi connectivity index (χ0v) is 12.4. The molecule has 2 rings (SSSR count). The second-order valence-corrected chi connectivity index (χ2v) is 7.05. The van der Waals surface area contributed by atoms with E-state index in [0.717, 1.165) is 5.01 Å². The normalized spacial score (nSPS) is 12.6. The number of nitrogens with zero attached hydrogens (tertiary/aromatic N) is 1. The fraction of sp³-hybridized carbons (Fsp3) is 0.250. The predicted octanol–water partition coefficient (Wildman–Crippen LogP) is 2.96. The van der Waals surface area contributed by atoms with Crippen LogP contribution in [0.15, 0.2) is 34.5 Å². The van der Waals surface area contributed by atoms with Crippen molar-refractivity contribution in [2.24, 2.45) is 0 Å². The van der Waals surface area contributed by atoms with Crippen molar-refractivity contribution < 1.29 is 21.6 Å². The first-order valence-electron chi connectivity index (χ1n) is 5.76. The molecule has 21 heavy (non-hydrogen) atoms. The van der Waals surface area contributed by atoms with Gasteiger partial charge in [0.1, 0.15) is 6.54 Å². The van der Waals surface area contributed by atoms with Crippen LogP contribution in [0.1, 0.15) is 5.01 Å². The van der Waals surface area contributed by atoms with Crippen LogP contribution in [0.4, 0.5) is 13.2 Å². The minimum absolute atomic E-state index is 0.220. The standard InChI is InChI=1S/C12H11F3N2O2S2/c1-8-17-11(6-20-8)9-2-4-10(5-3-9)21(18,19)16-7-12(13,14)15/h2-6,16H,7H2,1H3. The van der Waals surface area contributed by atoms with Gasteiger partial charge in [0.15, 0.2) is 0 Å². The molecule has 0 unspecified atom stereocenters. The Balaban J connectivity index is 2.18. The summed E-state index contributed by atoms with van der Waals surface area (Å²) in [6, 6.07) is 5.53. The highest BCUT2D eigenvalue weighted by Gasteiger charge is 2.30. The van der Waals surface area contributed by atoms with Crippen LogP contribution in [0.3, 0.4) is 0 Å². The van der Waals surface area contributed by atoms with Gasteiger partial charge < -0.3 is 0 Å². The van der Waals surface area contributed by atoms with Gasteiger partial charge in [0.25, 0.3) is 0 Å². The maximum Gasteiger partial charge on any atom is 0.402 e. The summed E-state index contributed by atoms with van der Waals surface area (Å²) in [4.78, 5) is 4.03. The highest BCUT2D eigenvalue weighted by Crippen LogP contribution is 2.23. The molecule has 1 heterocycles. The number of alkyl halides is 3. The van der Waals surface area contributed by atoms with Gasteiger partial charge >= 0.3 is 6.18 Å². The molecule has 0 aliphatic heterocycles. The average molecular weight is 336 g/mol. The van der Waals surface area contributed by atoms with E-state index < -0.39 is 22.7 Å². The van der Waals surface area contributed by atoms with E-state index in [1.54, 1.807) is 0 Å². The largest absolute Gasteiger partial charge is 0.402 e. The molecule has 114 valence electrons. The first kappa shape index (κ1) is 15.9. The number of halogens is 3. The molecule has 0 radical (unpaired) electrons. The first-order chi connectivity index (χ1) is 9.67. The van der Waals surface area contributed by atoms with Gasteiger partial charge in [-0.05, 0) is 19.1 Å². The quantitative estimate of drug-likeness (QED) is 0.934. The highest BCUT2D eigenvalue weighted by molar-refractivity contribution is 7.89. The molecule has 0 spiro atoms. The summed E-state index contributed by atoms with van der Waals surface area (Å²) in [6.07, 6.45) is -4.59. The highest BCUT2D eigenvalue weighted by atomic mass is 32.2. The number of hydrogen-bond donors (Lipinski definition) is 1. The van der Waals surface area contributed by atoms with Crippen molar-refractivity contribution >= 4 is 21.4 Å². The zero-order chi connectivity index (χ0) is 15.7. The van der Waals surface area contributed by atoms with E-state index in [1.165, 1.54) is 40.3 Å². The van der Waals surface area contributed by atoms with Gasteiger partial charge in [-0.25, -0.2) is 18.1 Å². The molecule has 0 bridgehead atoms. The Morgan fingerprint density at radius 2 is 1.86 bits per heavy atom. The van der Waals surface area contributed by atoms with E-state index >= 15 is 0 Å². The summed E-state index contributed by atoms with van der Waals surface area (Å²) in [7, 11) is -4.18. The van der Waals surface area contributed by atoms with E-state index in [0.29, 0.717) is 11.3 Å². The maximum atomic E-state index is 12.1. The van der Waals surface area contributed by atoms with E-state index in [9.17, 15) is 21.6 Å². The molecule has 4 nitrogen and oxygen atoms in total. The summed E-state index contributed by atoms with van der Waals surface area (Å²) in [5.41, 5.74) is 1.40. The third-order valence-electron chi connectivity index (χ3n) is 2.54. The predicted molar refractivity (Wildman–Crippen MR) is 73.5 cm³/mol. The number of benzene rings is 1. The van der Waals surface area contributed by atoms with E-state index in [1.807, 2.05) is 12.3 Å². The number of rotatable bonds is 4. The van der Waals surface area contributed by atoms with Crippen molar-refractivity contribution in [3.05, 3.63) is 34.7 Å². The minimum atomic E-state index is -4.59. The van der Waals surface area contributed by atoms with Gasteiger partial charge in [-0.3, -0.25) is 0 Å². The zero-order valence-electron chi connectivity index (χ0n) is 10.8. The molecule has 2 aromatic rings. The Labute approximate surface area is 123 Å². The van der Waals surface area contributed by atoms with Crippen LogP contribution in [0.2, 0.25) is 0 Å². The molecule has 0 saturated carbocycles. The monoisotopic (exact) mass is 336 g/mol. The lowest BCUT2D eigenvalue weighted by molar-refractivity contribution is -0.121. The van der Waals surface area contributed by atoms with Crippen LogP contribution in [0, 0.1) is 6.92 Å². The van der Waals surface area contributed by atoms with Gasteiger partial charge in [0.2, 0.25) is 10.0 Å². The van der Waals surface area contributed by atoms with Gasteiger partial charge in [-0.2, -0.15) is 13.2 Å². The molecule has 0 aliphatic rings.